The Morgan fingerprint density at radius 1 is 0.842 bits per heavy atom. The Morgan fingerprint density at radius 3 is 1.84 bits per heavy atom. The molecule has 0 saturated carbocycles. The third-order valence-electron chi connectivity index (χ3n) is 7.65. The minimum Gasteiger partial charge on any atom is -0.483 e. The minimum absolute atomic E-state index is 0.00745. The fraction of sp³-hybridized carbons (Fsp3) is 0.606. The Labute approximate surface area is 230 Å². The zero-order chi connectivity index (χ0) is 28.6. The molecule has 0 aromatic heterocycles. The summed E-state index contributed by atoms with van der Waals surface area (Å²) < 4.78 is 19.8. The van der Waals surface area contributed by atoms with Crippen molar-refractivity contribution in [3.05, 3.63) is 64.5 Å². The van der Waals surface area contributed by atoms with Gasteiger partial charge in [-0.25, -0.2) is 4.39 Å². The second-order valence-corrected chi connectivity index (χ2v) is 14.2. The molecule has 1 aliphatic rings. The van der Waals surface area contributed by atoms with E-state index in [0.29, 0.717) is 6.54 Å². The maximum Gasteiger partial charge on any atom is 0.260 e. The summed E-state index contributed by atoms with van der Waals surface area (Å²) in [6.45, 7) is 26.4. The van der Waals surface area contributed by atoms with Gasteiger partial charge < -0.3 is 9.64 Å². The highest BCUT2D eigenvalue weighted by Crippen LogP contribution is 2.43. The van der Waals surface area contributed by atoms with Gasteiger partial charge in [0.1, 0.15) is 11.6 Å². The lowest BCUT2D eigenvalue weighted by molar-refractivity contribution is -0.139. The van der Waals surface area contributed by atoms with Crippen LogP contribution in [0.1, 0.15) is 98.4 Å². The zero-order valence-electron chi connectivity index (χ0n) is 25.5. The van der Waals surface area contributed by atoms with E-state index < -0.39 is 0 Å². The van der Waals surface area contributed by atoms with Crippen LogP contribution in [0.3, 0.4) is 0 Å². The summed E-state index contributed by atoms with van der Waals surface area (Å²) in [7, 11) is 0. The number of hydrogen-bond donors (Lipinski definition) is 0. The van der Waals surface area contributed by atoms with Gasteiger partial charge >= 0.3 is 0 Å². The van der Waals surface area contributed by atoms with Crippen molar-refractivity contribution in [2.24, 2.45) is 0 Å². The van der Waals surface area contributed by atoms with Crippen LogP contribution < -0.4 is 4.74 Å². The monoisotopic (exact) mass is 524 g/mol. The van der Waals surface area contributed by atoms with Crippen molar-refractivity contribution in [2.45, 2.75) is 111 Å². The minimum atomic E-state index is -0.220. The Balaban J connectivity index is 1.81. The molecule has 0 aliphatic carbocycles. The molecule has 3 rings (SSSR count). The van der Waals surface area contributed by atoms with Crippen molar-refractivity contribution in [2.75, 3.05) is 19.7 Å². The van der Waals surface area contributed by atoms with E-state index in [2.05, 4.69) is 93.2 Å². The zero-order valence-corrected chi connectivity index (χ0v) is 25.5. The molecule has 38 heavy (non-hydrogen) atoms. The number of halogens is 1. The number of piperazine rings is 1. The fourth-order valence-electron chi connectivity index (χ4n) is 5.14. The van der Waals surface area contributed by atoms with Crippen LogP contribution in [0, 0.1) is 5.82 Å². The molecule has 1 heterocycles. The summed E-state index contributed by atoms with van der Waals surface area (Å²) in [4.78, 5) is 17.8. The van der Waals surface area contributed by atoms with Gasteiger partial charge in [-0.05, 0) is 53.4 Å². The summed E-state index contributed by atoms with van der Waals surface area (Å²) in [6, 6.07) is 11.5. The van der Waals surface area contributed by atoms with Gasteiger partial charge in [-0.3, -0.25) is 9.69 Å². The summed E-state index contributed by atoms with van der Waals surface area (Å²) in [6.07, 6.45) is 0. The number of carbonyl (C=O) groups excluding carboxylic acids is 1. The van der Waals surface area contributed by atoms with E-state index in [1.54, 1.807) is 0 Å². The van der Waals surface area contributed by atoms with Crippen LogP contribution in [0.15, 0.2) is 36.4 Å². The highest BCUT2D eigenvalue weighted by atomic mass is 19.1. The lowest BCUT2D eigenvalue weighted by Crippen LogP contribution is -2.58. The summed E-state index contributed by atoms with van der Waals surface area (Å²) in [5.41, 5.74) is 4.40. The van der Waals surface area contributed by atoms with Crippen LogP contribution in [-0.4, -0.2) is 47.5 Å². The van der Waals surface area contributed by atoms with Crippen LogP contribution in [-0.2, 0) is 27.6 Å². The Bertz CT molecular complexity index is 1080. The van der Waals surface area contributed by atoms with Gasteiger partial charge in [0.15, 0.2) is 6.61 Å². The van der Waals surface area contributed by atoms with E-state index in [1.807, 2.05) is 17.0 Å². The standard InChI is InChI=1S/C33H49FN2O2/c1-22-19-36(23(2)18-35(22)20-24-12-14-26(34)15-13-24)29(37)21-38-30-27(32(6,7)8)16-25(31(3,4)5)17-28(30)33(9,10)11/h12-17,22-23H,18-21H2,1-11H3. The van der Waals surface area contributed by atoms with E-state index in [9.17, 15) is 9.18 Å². The first-order chi connectivity index (χ1) is 17.4. The Kier molecular flexibility index (Phi) is 8.72. The predicted octanol–water partition coefficient (Wildman–Crippen LogP) is 7.22. The highest BCUT2D eigenvalue weighted by molar-refractivity contribution is 5.78. The topological polar surface area (TPSA) is 32.8 Å². The largest absolute Gasteiger partial charge is 0.483 e. The van der Waals surface area contributed by atoms with Gasteiger partial charge in [0.25, 0.3) is 5.91 Å². The lowest BCUT2D eigenvalue weighted by atomic mass is 9.74. The van der Waals surface area contributed by atoms with Crippen LogP contribution in [0.25, 0.3) is 0 Å². The molecule has 1 fully saturated rings. The van der Waals surface area contributed by atoms with Crippen molar-refractivity contribution in [1.29, 1.82) is 0 Å². The molecule has 2 aromatic rings. The molecular weight excluding hydrogens is 475 g/mol. The average Bonchev–Trinajstić information content (AvgIpc) is 2.78. The van der Waals surface area contributed by atoms with Gasteiger partial charge in [0.2, 0.25) is 0 Å². The normalized spacial score (nSPS) is 19.5. The molecule has 4 nitrogen and oxygen atoms in total. The van der Waals surface area contributed by atoms with Crippen molar-refractivity contribution in [3.63, 3.8) is 0 Å². The van der Waals surface area contributed by atoms with Crippen LogP contribution in [0.2, 0.25) is 0 Å². The van der Waals surface area contributed by atoms with Crippen molar-refractivity contribution in [1.82, 2.24) is 9.80 Å². The molecule has 2 atom stereocenters. The molecule has 5 heteroatoms. The highest BCUT2D eigenvalue weighted by Gasteiger charge is 2.34. The molecule has 2 unspecified atom stereocenters. The third-order valence-corrected chi connectivity index (χ3v) is 7.65. The first kappa shape index (κ1) is 30.1. The quantitative estimate of drug-likeness (QED) is 0.414. The van der Waals surface area contributed by atoms with Gasteiger partial charge in [0, 0.05) is 42.8 Å². The second kappa shape index (κ2) is 11.0. The maximum absolute atomic E-state index is 13.5. The fourth-order valence-corrected chi connectivity index (χ4v) is 5.14. The number of rotatable bonds is 5. The lowest BCUT2D eigenvalue weighted by Gasteiger charge is -2.44. The van der Waals surface area contributed by atoms with Crippen LogP contribution in [0.4, 0.5) is 4.39 Å². The first-order valence-corrected chi connectivity index (χ1v) is 14.0. The van der Waals surface area contributed by atoms with Crippen LogP contribution >= 0.6 is 0 Å². The number of nitrogens with zero attached hydrogens (tertiary/aromatic N) is 2. The summed E-state index contributed by atoms with van der Waals surface area (Å²) in [5.74, 6) is 0.648. The Morgan fingerprint density at radius 2 is 1.37 bits per heavy atom. The molecule has 1 aliphatic heterocycles. The van der Waals surface area contributed by atoms with Gasteiger partial charge in [-0.15, -0.1) is 0 Å². The maximum atomic E-state index is 13.5. The number of hydrogen-bond acceptors (Lipinski definition) is 3. The van der Waals surface area contributed by atoms with E-state index in [1.165, 1.54) is 17.7 Å². The Hall–Kier alpha value is -2.40. The van der Waals surface area contributed by atoms with Crippen molar-refractivity contribution in [3.8, 4) is 5.75 Å². The van der Waals surface area contributed by atoms with Crippen molar-refractivity contribution >= 4 is 5.91 Å². The number of carbonyl (C=O) groups is 1. The van der Waals surface area contributed by atoms with Gasteiger partial charge in [-0.2, -0.15) is 0 Å². The third kappa shape index (κ3) is 7.16. The molecular formula is C33H49FN2O2. The summed E-state index contributed by atoms with van der Waals surface area (Å²) >= 11 is 0. The van der Waals surface area contributed by atoms with Crippen LogP contribution in [0.5, 0.6) is 5.75 Å². The molecule has 0 bridgehead atoms. The van der Waals surface area contributed by atoms with E-state index in [4.69, 9.17) is 4.74 Å². The molecule has 210 valence electrons. The van der Waals surface area contributed by atoms with E-state index >= 15 is 0 Å². The second-order valence-electron chi connectivity index (χ2n) is 14.2. The van der Waals surface area contributed by atoms with Crippen molar-refractivity contribution < 1.29 is 13.9 Å². The summed E-state index contributed by atoms with van der Waals surface area (Å²) in [5, 5.41) is 0. The van der Waals surface area contributed by atoms with E-state index in [0.717, 1.165) is 35.5 Å². The van der Waals surface area contributed by atoms with Gasteiger partial charge in [0.05, 0.1) is 0 Å². The molecule has 0 spiro atoms. The first-order valence-electron chi connectivity index (χ1n) is 14.0. The molecule has 0 radical (unpaired) electrons. The average molecular weight is 525 g/mol. The number of ether oxygens (including phenoxy) is 1. The molecule has 1 amide bonds. The molecule has 0 N–H and O–H groups in total. The molecule has 1 saturated heterocycles. The number of benzene rings is 2. The van der Waals surface area contributed by atoms with E-state index in [-0.39, 0.29) is 46.7 Å². The SMILES string of the molecule is CC1CN(C(=O)COc2c(C(C)(C)C)cc(C(C)(C)C)cc2C(C)(C)C)C(C)CN1Cc1ccc(F)cc1. The predicted molar refractivity (Wildman–Crippen MR) is 155 cm³/mol. The van der Waals surface area contributed by atoms with Gasteiger partial charge in [-0.1, -0.05) is 86.6 Å². The smallest absolute Gasteiger partial charge is 0.260 e. The number of amides is 1. The molecule has 2 aromatic carbocycles.